The minimum atomic E-state index is 1.21. The van der Waals surface area contributed by atoms with E-state index in [1.54, 1.807) is 0 Å². The molecule has 0 amide bonds. The summed E-state index contributed by atoms with van der Waals surface area (Å²) in [6.45, 7) is 0. The van der Waals surface area contributed by atoms with Gasteiger partial charge in [-0.3, -0.25) is 0 Å². The van der Waals surface area contributed by atoms with Crippen molar-refractivity contribution in [3.05, 3.63) is 257 Å². The lowest BCUT2D eigenvalue weighted by molar-refractivity contribution is 1.51. The average Bonchev–Trinajstić information content (AvgIpc) is 3.77. The molecule has 8 aromatic rings. The van der Waals surface area contributed by atoms with Crippen molar-refractivity contribution < 1.29 is 0 Å². The van der Waals surface area contributed by atoms with Crippen molar-refractivity contribution in [2.24, 2.45) is 0 Å². The van der Waals surface area contributed by atoms with E-state index in [9.17, 15) is 0 Å². The fourth-order valence-corrected chi connectivity index (χ4v) is 8.45. The highest BCUT2D eigenvalue weighted by Crippen LogP contribution is 2.62. The molecule has 0 saturated carbocycles. The van der Waals surface area contributed by atoms with Crippen LogP contribution in [-0.4, -0.2) is 0 Å². The summed E-state index contributed by atoms with van der Waals surface area (Å²) in [6, 6.07) is 79.6. The van der Waals surface area contributed by atoms with Gasteiger partial charge in [0.1, 0.15) is 0 Å². The Morgan fingerprint density at radius 2 is 0.407 bits per heavy atom. The van der Waals surface area contributed by atoms with Gasteiger partial charge < -0.3 is 0 Å². The Morgan fingerprint density at radius 3 is 0.833 bits per heavy atom. The molecule has 0 heteroatoms. The summed E-state index contributed by atoms with van der Waals surface area (Å²) in [5, 5.41) is 0. The van der Waals surface area contributed by atoms with E-state index in [0.717, 1.165) is 0 Å². The van der Waals surface area contributed by atoms with Crippen molar-refractivity contribution in [1.82, 2.24) is 0 Å². The Hall–Kier alpha value is -7.02. The second-order valence-corrected chi connectivity index (χ2v) is 14.0. The van der Waals surface area contributed by atoms with Gasteiger partial charge in [-0.25, -0.2) is 0 Å². The molecule has 0 heterocycles. The van der Waals surface area contributed by atoms with Gasteiger partial charge in [0, 0.05) is 0 Å². The normalized spacial score (nSPS) is 13.3. The van der Waals surface area contributed by atoms with Crippen molar-refractivity contribution in [2.45, 2.75) is 0 Å². The maximum Gasteiger partial charge on any atom is -0.000137 e. The first-order valence-corrected chi connectivity index (χ1v) is 18.7. The molecule has 0 saturated heterocycles. The molecule has 0 fully saturated rings. The molecule has 0 atom stereocenters. The van der Waals surface area contributed by atoms with E-state index in [1.807, 2.05) is 0 Å². The summed E-state index contributed by atoms with van der Waals surface area (Å²) < 4.78 is 0. The van der Waals surface area contributed by atoms with Crippen LogP contribution in [0.25, 0.3) is 61.2 Å². The maximum absolute atomic E-state index is 2.48. The molecule has 0 bridgehead atoms. The van der Waals surface area contributed by atoms with E-state index in [0.29, 0.717) is 0 Å². The monoisotopic (exact) mass is 684 g/mol. The van der Waals surface area contributed by atoms with Gasteiger partial charge in [-0.15, -0.1) is 0 Å². The van der Waals surface area contributed by atoms with Gasteiger partial charge in [0.2, 0.25) is 0 Å². The average molecular weight is 685 g/mol. The van der Waals surface area contributed by atoms with Crippen LogP contribution < -0.4 is 0 Å². The fraction of sp³-hybridized carbons (Fsp3) is 0. The van der Waals surface area contributed by atoms with Crippen LogP contribution in [0.15, 0.2) is 224 Å². The van der Waals surface area contributed by atoms with Crippen molar-refractivity contribution in [3.63, 3.8) is 0 Å². The Balaban J connectivity index is 1.35. The molecule has 0 unspecified atom stereocenters. The zero-order valence-corrected chi connectivity index (χ0v) is 29.8. The third kappa shape index (κ3) is 5.40. The van der Waals surface area contributed by atoms with Crippen LogP contribution in [0, 0.1) is 0 Å². The molecule has 0 aliphatic heterocycles. The molecule has 0 radical (unpaired) electrons. The van der Waals surface area contributed by atoms with Crippen LogP contribution >= 0.6 is 0 Å². The standard InChI is InChI=1S/C54H36/c1-7-19-37(20-8-1)38-31-33-44(34-32-38)51-50(42-27-15-5-16-28-42)52(43-29-17-6-18-30-43)54-49(41-25-13-4-14-26-41)47-35-45(39-21-9-2-10-22-39)46(36-48(47)53(51)54)40-23-11-3-12-24-40/h1-36H. The van der Waals surface area contributed by atoms with Crippen molar-refractivity contribution in [2.75, 3.05) is 0 Å². The Labute approximate surface area is 317 Å². The van der Waals surface area contributed by atoms with Gasteiger partial charge >= 0.3 is 0 Å². The van der Waals surface area contributed by atoms with Crippen LogP contribution in [-0.2, 0) is 0 Å². The number of rotatable bonds is 7. The topological polar surface area (TPSA) is 0 Å². The van der Waals surface area contributed by atoms with E-state index in [4.69, 9.17) is 0 Å². The molecule has 0 nitrogen and oxygen atoms in total. The predicted molar refractivity (Wildman–Crippen MR) is 228 cm³/mol. The van der Waals surface area contributed by atoms with E-state index < -0.39 is 0 Å². The quantitative estimate of drug-likeness (QED) is 0.157. The highest BCUT2D eigenvalue weighted by molar-refractivity contribution is 6.39. The summed E-state index contributed by atoms with van der Waals surface area (Å²) in [4.78, 5) is 0. The molecule has 2 aliphatic carbocycles. The zero-order chi connectivity index (χ0) is 35.8. The molecular formula is C54H36. The third-order valence-corrected chi connectivity index (χ3v) is 10.8. The van der Waals surface area contributed by atoms with E-state index in [2.05, 4.69) is 218 Å². The molecule has 10 rings (SSSR count). The first-order chi connectivity index (χ1) is 26.8. The first-order valence-electron chi connectivity index (χ1n) is 18.7. The minimum Gasteiger partial charge on any atom is -0.0622 e. The van der Waals surface area contributed by atoms with Crippen LogP contribution in [0.5, 0.6) is 0 Å². The molecule has 8 aromatic carbocycles. The molecular weight excluding hydrogens is 649 g/mol. The summed E-state index contributed by atoms with van der Waals surface area (Å²) in [7, 11) is 0. The lowest BCUT2D eigenvalue weighted by Gasteiger charge is -2.19. The molecule has 2 aliphatic rings. The smallest absolute Gasteiger partial charge is 0.000137 e. The van der Waals surface area contributed by atoms with Crippen molar-refractivity contribution in [3.8, 4) is 33.4 Å². The van der Waals surface area contributed by atoms with Gasteiger partial charge in [0.05, 0.1) is 0 Å². The van der Waals surface area contributed by atoms with E-state index >= 15 is 0 Å². The van der Waals surface area contributed by atoms with Crippen molar-refractivity contribution >= 4 is 27.9 Å². The number of hydrogen-bond acceptors (Lipinski definition) is 0. The van der Waals surface area contributed by atoms with Crippen LogP contribution in [0.2, 0.25) is 0 Å². The molecule has 54 heavy (non-hydrogen) atoms. The van der Waals surface area contributed by atoms with Gasteiger partial charge in [-0.1, -0.05) is 206 Å². The molecule has 0 spiro atoms. The van der Waals surface area contributed by atoms with Gasteiger partial charge in [0.15, 0.2) is 0 Å². The van der Waals surface area contributed by atoms with Crippen LogP contribution in [0.1, 0.15) is 33.4 Å². The highest BCUT2D eigenvalue weighted by atomic mass is 14.4. The van der Waals surface area contributed by atoms with Gasteiger partial charge in [-0.05, 0) is 112 Å². The predicted octanol–water partition coefficient (Wildman–Crippen LogP) is 14.0. The second kappa shape index (κ2) is 13.5. The Morgan fingerprint density at radius 1 is 0.148 bits per heavy atom. The maximum atomic E-state index is 2.48. The lowest BCUT2D eigenvalue weighted by atomic mass is 9.84. The number of hydrogen-bond donors (Lipinski definition) is 0. The molecule has 252 valence electrons. The van der Waals surface area contributed by atoms with Gasteiger partial charge in [0.25, 0.3) is 0 Å². The first kappa shape index (κ1) is 31.7. The fourth-order valence-electron chi connectivity index (χ4n) is 8.45. The molecule has 0 N–H and O–H groups in total. The van der Waals surface area contributed by atoms with Gasteiger partial charge in [-0.2, -0.15) is 0 Å². The summed E-state index contributed by atoms with van der Waals surface area (Å²) in [5.74, 6) is 0. The lowest BCUT2D eigenvalue weighted by Crippen LogP contribution is -1.97. The summed E-state index contributed by atoms with van der Waals surface area (Å²) in [5.41, 5.74) is 22.4. The summed E-state index contributed by atoms with van der Waals surface area (Å²) >= 11 is 0. The minimum absolute atomic E-state index is 1.21. The van der Waals surface area contributed by atoms with Crippen LogP contribution in [0.3, 0.4) is 0 Å². The van der Waals surface area contributed by atoms with E-state index in [-0.39, 0.29) is 0 Å². The van der Waals surface area contributed by atoms with E-state index in [1.165, 1.54) is 100 Å². The summed E-state index contributed by atoms with van der Waals surface area (Å²) in [6.07, 6.45) is 0. The number of benzene rings is 8. The second-order valence-electron chi connectivity index (χ2n) is 14.0. The Bertz CT molecular complexity index is 2720. The third-order valence-electron chi connectivity index (χ3n) is 10.8. The number of allylic oxidation sites excluding steroid dienone is 5. The number of fused-ring (bicyclic) bond motifs is 3. The zero-order valence-electron chi connectivity index (χ0n) is 29.8. The highest BCUT2D eigenvalue weighted by Gasteiger charge is 2.40. The Kier molecular flexibility index (Phi) is 7.93. The van der Waals surface area contributed by atoms with Crippen molar-refractivity contribution in [1.29, 1.82) is 0 Å². The molecule has 0 aromatic heterocycles. The SMILES string of the molecule is c1ccc(C2=C(c3ccccc3)C(c3ccc(-c4ccccc4)cc3)=C3C2=C(c2ccccc2)c2cc(-c4ccccc4)c(-c4ccccc4)cc23)cc1. The largest absolute Gasteiger partial charge is 0.0622 e. The van der Waals surface area contributed by atoms with Crippen LogP contribution in [0.4, 0.5) is 0 Å².